The summed E-state index contributed by atoms with van der Waals surface area (Å²) in [6, 6.07) is 10.9. The molecule has 0 bridgehead atoms. The molecule has 2 amide bonds. The molecule has 0 heterocycles. The number of urea groups is 1. The molecule has 7 nitrogen and oxygen atoms in total. The summed E-state index contributed by atoms with van der Waals surface area (Å²) in [5, 5.41) is 5.50. The lowest BCUT2D eigenvalue weighted by molar-refractivity contribution is 0.247. The number of anilines is 1. The second kappa shape index (κ2) is 10.3. The van der Waals surface area contributed by atoms with Crippen molar-refractivity contribution in [2.24, 2.45) is 0 Å². The number of hydrogen-bond acceptors (Lipinski definition) is 5. The van der Waals surface area contributed by atoms with Gasteiger partial charge >= 0.3 is 6.03 Å². The Kier molecular flexibility index (Phi) is 7.80. The van der Waals surface area contributed by atoms with Gasteiger partial charge in [0.25, 0.3) is 0 Å². The average Bonchev–Trinajstić information content (AvgIpc) is 2.70. The zero-order chi connectivity index (χ0) is 20.5. The van der Waals surface area contributed by atoms with Gasteiger partial charge in [0.1, 0.15) is 12.4 Å². The van der Waals surface area contributed by atoms with Crippen LogP contribution in [0.15, 0.2) is 36.4 Å². The maximum absolute atomic E-state index is 12.1. The summed E-state index contributed by atoms with van der Waals surface area (Å²) in [7, 11) is 4.57. The molecule has 152 valence electrons. The standard InChI is InChI=1S/C21H28N2O5/c1-14(2)15-7-6-8-17(11-15)28-10-9-22-21(24)23-16-12-18(25-3)20(27-5)19(13-16)26-4/h6-8,11-14H,9-10H2,1-5H3,(H2,22,23,24). The number of hydrogen-bond donors (Lipinski definition) is 2. The van der Waals surface area contributed by atoms with E-state index in [9.17, 15) is 4.79 Å². The zero-order valence-electron chi connectivity index (χ0n) is 17.0. The average molecular weight is 388 g/mol. The summed E-state index contributed by atoms with van der Waals surface area (Å²) < 4.78 is 21.5. The Balaban J connectivity index is 1.87. The van der Waals surface area contributed by atoms with E-state index in [4.69, 9.17) is 18.9 Å². The van der Waals surface area contributed by atoms with Crippen LogP contribution in [0.25, 0.3) is 0 Å². The maximum atomic E-state index is 12.1. The molecule has 0 unspecified atom stereocenters. The van der Waals surface area contributed by atoms with Gasteiger partial charge in [-0.25, -0.2) is 4.79 Å². The predicted octanol–water partition coefficient (Wildman–Crippen LogP) is 4.04. The van der Waals surface area contributed by atoms with Crippen LogP contribution in [0.3, 0.4) is 0 Å². The Labute approximate surface area is 165 Å². The van der Waals surface area contributed by atoms with E-state index < -0.39 is 0 Å². The Bertz CT molecular complexity index is 767. The van der Waals surface area contributed by atoms with Gasteiger partial charge in [0.15, 0.2) is 11.5 Å². The minimum Gasteiger partial charge on any atom is -0.493 e. The molecule has 0 radical (unpaired) electrons. The number of methoxy groups -OCH3 is 3. The van der Waals surface area contributed by atoms with Crippen LogP contribution in [0.4, 0.5) is 10.5 Å². The number of rotatable bonds is 9. The van der Waals surface area contributed by atoms with Gasteiger partial charge in [-0.2, -0.15) is 0 Å². The molecule has 28 heavy (non-hydrogen) atoms. The van der Waals surface area contributed by atoms with Crippen LogP contribution < -0.4 is 29.6 Å². The van der Waals surface area contributed by atoms with E-state index in [1.54, 1.807) is 12.1 Å². The summed E-state index contributed by atoms with van der Waals surface area (Å²) in [5.74, 6) is 2.62. The molecule has 2 rings (SSSR count). The summed E-state index contributed by atoms with van der Waals surface area (Å²) in [5.41, 5.74) is 1.74. The molecule has 0 spiro atoms. The van der Waals surface area contributed by atoms with E-state index in [0.29, 0.717) is 42.0 Å². The number of nitrogens with one attached hydrogen (secondary N) is 2. The molecule has 0 fully saturated rings. The Hall–Kier alpha value is -3.09. The molecule has 0 saturated carbocycles. The van der Waals surface area contributed by atoms with Gasteiger partial charge in [-0.05, 0) is 23.6 Å². The third kappa shape index (κ3) is 5.70. The van der Waals surface area contributed by atoms with Gasteiger partial charge in [-0.15, -0.1) is 0 Å². The first kappa shape index (κ1) is 21.2. The minimum absolute atomic E-state index is 0.353. The van der Waals surface area contributed by atoms with Gasteiger partial charge in [-0.3, -0.25) is 0 Å². The molecule has 2 aromatic rings. The molecule has 0 saturated heterocycles. The monoisotopic (exact) mass is 388 g/mol. The van der Waals surface area contributed by atoms with Crippen LogP contribution >= 0.6 is 0 Å². The Morgan fingerprint density at radius 3 is 2.25 bits per heavy atom. The number of amides is 2. The highest BCUT2D eigenvalue weighted by Gasteiger charge is 2.14. The van der Waals surface area contributed by atoms with Crippen molar-refractivity contribution in [3.05, 3.63) is 42.0 Å². The van der Waals surface area contributed by atoms with Gasteiger partial charge in [0, 0.05) is 12.1 Å². The smallest absolute Gasteiger partial charge is 0.319 e. The van der Waals surface area contributed by atoms with Crippen molar-refractivity contribution in [2.45, 2.75) is 19.8 Å². The van der Waals surface area contributed by atoms with E-state index in [2.05, 4.69) is 30.5 Å². The van der Waals surface area contributed by atoms with Crippen LogP contribution in [0.1, 0.15) is 25.3 Å². The van der Waals surface area contributed by atoms with Crippen LogP contribution in [-0.2, 0) is 0 Å². The molecule has 0 aliphatic heterocycles. The summed E-state index contributed by atoms with van der Waals surface area (Å²) in [6.45, 7) is 4.99. The highest BCUT2D eigenvalue weighted by Crippen LogP contribution is 2.39. The van der Waals surface area contributed by atoms with Crippen molar-refractivity contribution in [1.29, 1.82) is 0 Å². The lowest BCUT2D eigenvalue weighted by Crippen LogP contribution is -2.32. The largest absolute Gasteiger partial charge is 0.493 e. The lowest BCUT2D eigenvalue weighted by Gasteiger charge is -2.15. The molecule has 0 atom stereocenters. The van der Waals surface area contributed by atoms with E-state index in [1.807, 2.05) is 18.2 Å². The topological polar surface area (TPSA) is 78.1 Å². The van der Waals surface area contributed by atoms with Crippen molar-refractivity contribution in [3.8, 4) is 23.0 Å². The number of carbonyl (C=O) groups is 1. The first-order valence-corrected chi connectivity index (χ1v) is 9.06. The Morgan fingerprint density at radius 1 is 1.00 bits per heavy atom. The third-order valence-electron chi connectivity index (χ3n) is 4.10. The summed E-state index contributed by atoms with van der Waals surface area (Å²) in [6.07, 6.45) is 0. The molecule has 2 N–H and O–H groups in total. The van der Waals surface area contributed by atoms with Crippen LogP contribution in [0.5, 0.6) is 23.0 Å². The number of carbonyl (C=O) groups excluding carboxylic acids is 1. The number of benzene rings is 2. The second-order valence-electron chi connectivity index (χ2n) is 6.37. The fourth-order valence-corrected chi connectivity index (χ4v) is 2.63. The second-order valence-corrected chi connectivity index (χ2v) is 6.37. The van der Waals surface area contributed by atoms with E-state index >= 15 is 0 Å². The van der Waals surface area contributed by atoms with E-state index in [0.717, 1.165) is 5.75 Å². The van der Waals surface area contributed by atoms with Crippen molar-refractivity contribution in [3.63, 3.8) is 0 Å². The molecule has 2 aromatic carbocycles. The quantitative estimate of drug-likeness (QED) is 0.634. The van der Waals surface area contributed by atoms with Crippen molar-refractivity contribution >= 4 is 11.7 Å². The first-order valence-electron chi connectivity index (χ1n) is 9.06. The SMILES string of the molecule is COc1cc(NC(=O)NCCOc2cccc(C(C)C)c2)cc(OC)c1OC. The van der Waals surface area contributed by atoms with Crippen LogP contribution in [-0.4, -0.2) is 40.5 Å². The summed E-state index contributed by atoms with van der Waals surface area (Å²) >= 11 is 0. The van der Waals surface area contributed by atoms with E-state index in [-0.39, 0.29) is 6.03 Å². The third-order valence-corrected chi connectivity index (χ3v) is 4.10. The lowest BCUT2D eigenvalue weighted by atomic mass is 10.0. The van der Waals surface area contributed by atoms with Crippen molar-refractivity contribution in [2.75, 3.05) is 39.8 Å². The molecular weight excluding hydrogens is 360 g/mol. The van der Waals surface area contributed by atoms with Crippen molar-refractivity contribution in [1.82, 2.24) is 5.32 Å². The molecular formula is C21H28N2O5. The zero-order valence-corrected chi connectivity index (χ0v) is 17.0. The first-order chi connectivity index (χ1) is 13.5. The van der Waals surface area contributed by atoms with Gasteiger partial charge in [-0.1, -0.05) is 26.0 Å². The molecule has 0 aromatic heterocycles. The molecule has 7 heteroatoms. The predicted molar refractivity (Wildman–Crippen MR) is 109 cm³/mol. The molecule has 0 aliphatic rings. The van der Waals surface area contributed by atoms with Gasteiger partial charge in [0.05, 0.1) is 33.6 Å². The summed E-state index contributed by atoms with van der Waals surface area (Å²) in [4.78, 5) is 12.1. The van der Waals surface area contributed by atoms with Crippen molar-refractivity contribution < 1.29 is 23.7 Å². The minimum atomic E-state index is -0.353. The van der Waals surface area contributed by atoms with E-state index in [1.165, 1.54) is 26.9 Å². The van der Waals surface area contributed by atoms with Crippen LogP contribution in [0.2, 0.25) is 0 Å². The van der Waals surface area contributed by atoms with Crippen LogP contribution in [0, 0.1) is 0 Å². The number of ether oxygens (including phenoxy) is 4. The maximum Gasteiger partial charge on any atom is 0.319 e. The van der Waals surface area contributed by atoms with Gasteiger partial charge in [0.2, 0.25) is 5.75 Å². The Morgan fingerprint density at radius 2 is 1.68 bits per heavy atom. The highest BCUT2D eigenvalue weighted by atomic mass is 16.5. The fourth-order valence-electron chi connectivity index (χ4n) is 2.63. The highest BCUT2D eigenvalue weighted by molar-refractivity contribution is 5.90. The van der Waals surface area contributed by atoms with Gasteiger partial charge < -0.3 is 29.6 Å². The molecule has 0 aliphatic carbocycles. The fraction of sp³-hybridized carbons (Fsp3) is 0.381. The normalized spacial score (nSPS) is 10.4.